The van der Waals surface area contributed by atoms with E-state index in [0.717, 1.165) is 30.6 Å². The largest absolute Gasteiger partial charge is 0.495 e. The van der Waals surface area contributed by atoms with Crippen LogP contribution in [0.25, 0.3) is 11.0 Å². The molecule has 0 bridgehead atoms. The van der Waals surface area contributed by atoms with Crippen molar-refractivity contribution >= 4 is 83.4 Å². The Morgan fingerprint density at radius 1 is 0.721 bits per heavy atom. The fourth-order valence-electron chi connectivity index (χ4n) is 6.80. The number of rotatable bonds is 11. The van der Waals surface area contributed by atoms with Gasteiger partial charge in [-0.05, 0) is 85.8 Å². The SMILES string of the molecule is COC1=C(C(=O)c2ncc(C)cc2NS(=O)(=O)c2ccc(Cl)c(C(F)(F)F)c2)C2C=CNC2N=C1.Cc1cnc(C(=O)c2ncnc3[nH]ccc23)c(NS(=O)(=O)c2ccc(Cl)c(C(F)(F)F)c2)c1. The van der Waals surface area contributed by atoms with Gasteiger partial charge in [-0.15, -0.1) is 0 Å². The number of sulfonamides is 2. The fraction of sp³-hybridized carbons (Fsp3) is 0.167. The van der Waals surface area contributed by atoms with Gasteiger partial charge in [0.25, 0.3) is 20.0 Å². The summed E-state index contributed by atoms with van der Waals surface area (Å²) >= 11 is 11.2. The Morgan fingerprint density at radius 2 is 1.25 bits per heavy atom. The Kier molecular flexibility index (Phi) is 13.4. The summed E-state index contributed by atoms with van der Waals surface area (Å²) in [7, 11) is -7.73. The summed E-state index contributed by atoms with van der Waals surface area (Å²) in [6.45, 7) is 3.23. The molecule has 2 atom stereocenters. The number of halogens is 8. The molecule has 2 aliphatic heterocycles. The van der Waals surface area contributed by atoms with E-state index in [1.807, 2.05) is 0 Å². The van der Waals surface area contributed by atoms with Crippen LogP contribution in [-0.4, -0.2) is 72.8 Å². The van der Waals surface area contributed by atoms with Gasteiger partial charge in [0.15, 0.2) is 0 Å². The second kappa shape index (κ2) is 18.7. The Balaban J connectivity index is 0.000000202. The molecule has 2 aromatic carbocycles. The molecule has 0 spiro atoms. The summed E-state index contributed by atoms with van der Waals surface area (Å²) in [5, 5.41) is 2.10. The Bertz CT molecular complexity index is 3350. The van der Waals surface area contributed by atoms with Gasteiger partial charge in [0, 0.05) is 24.0 Å². The zero-order valence-corrected chi connectivity index (χ0v) is 38.0. The van der Waals surface area contributed by atoms with Crippen molar-refractivity contribution in [3.05, 3.63) is 153 Å². The molecule has 354 valence electrons. The lowest BCUT2D eigenvalue weighted by atomic mass is 9.89. The van der Waals surface area contributed by atoms with E-state index < -0.39 is 87.0 Å². The van der Waals surface area contributed by atoms with Crippen LogP contribution in [0.1, 0.15) is 48.9 Å². The van der Waals surface area contributed by atoms with E-state index in [0.29, 0.717) is 34.3 Å². The summed E-state index contributed by atoms with van der Waals surface area (Å²) in [6, 6.07) is 8.68. The average Bonchev–Trinajstić information content (AvgIpc) is 3.96. The molecule has 6 aromatic rings. The zero-order valence-electron chi connectivity index (χ0n) is 34.8. The van der Waals surface area contributed by atoms with E-state index in [1.54, 1.807) is 38.4 Å². The normalized spacial score (nSPS) is 15.9. The highest BCUT2D eigenvalue weighted by atomic mass is 35.5. The van der Waals surface area contributed by atoms with E-state index in [1.165, 1.54) is 37.9 Å². The number of alkyl halides is 6. The van der Waals surface area contributed by atoms with Crippen LogP contribution >= 0.6 is 23.2 Å². The van der Waals surface area contributed by atoms with E-state index in [9.17, 15) is 52.8 Å². The lowest BCUT2D eigenvalue weighted by Crippen LogP contribution is -2.33. The second-order valence-corrected chi connectivity index (χ2v) is 18.9. The van der Waals surface area contributed by atoms with Crippen molar-refractivity contribution in [1.82, 2.24) is 30.2 Å². The van der Waals surface area contributed by atoms with Gasteiger partial charge in [-0.1, -0.05) is 29.3 Å². The van der Waals surface area contributed by atoms with Gasteiger partial charge in [0.1, 0.15) is 41.0 Å². The monoisotopic (exact) mass is 1020 g/mol. The van der Waals surface area contributed by atoms with Gasteiger partial charge < -0.3 is 15.0 Å². The maximum atomic E-state index is 13.6. The first-order chi connectivity index (χ1) is 31.9. The standard InChI is InChI=1S/C22H18ClF3N4O4S.C20H13ClF3N5O3S/c1-11-7-16(30-35(32,33)12-3-4-15(23)14(8-12)22(24,25)26)19(28-9-11)20(31)18-13-5-6-27-21(13)29-10-17(18)34-2;1-10-6-15(29-33(31,32)11-2-3-14(21)13(7-11)20(22,23)24)17(26-8-10)18(30)16-12-4-5-25-19(12)28-9-27-16/h3-10,13,21,27,30H,1-2H3;2-9,29H,1H3,(H,25,27,28). The Hall–Kier alpha value is -6.89. The number of ketones is 2. The number of pyridine rings is 2. The molecule has 4 N–H and O–H groups in total. The Labute approximate surface area is 391 Å². The number of carbonyl (C=O) groups is 2. The summed E-state index contributed by atoms with van der Waals surface area (Å²) in [6.07, 6.45) is 0.0401. The van der Waals surface area contributed by atoms with Gasteiger partial charge in [0.05, 0.1) is 67.2 Å². The van der Waals surface area contributed by atoms with Crippen molar-refractivity contribution in [2.75, 3.05) is 16.6 Å². The number of aliphatic imine (C=N–C) groups is 1. The van der Waals surface area contributed by atoms with E-state index in [4.69, 9.17) is 27.9 Å². The third kappa shape index (κ3) is 10.2. The molecular weight excluding hydrogens is 992 g/mol. The van der Waals surface area contributed by atoms with Gasteiger partial charge >= 0.3 is 12.4 Å². The molecule has 0 fully saturated rings. The molecule has 0 amide bonds. The molecule has 6 heterocycles. The number of hydrogen-bond donors (Lipinski definition) is 4. The zero-order chi connectivity index (χ0) is 49.5. The number of dihydropyridines is 1. The first-order valence-corrected chi connectivity index (χ1v) is 23.0. The fourth-order valence-corrected chi connectivity index (χ4v) is 9.41. The summed E-state index contributed by atoms with van der Waals surface area (Å²) in [5.41, 5.74) is -1.96. The number of fused-ring (bicyclic) bond motifs is 2. The van der Waals surface area contributed by atoms with Crippen LogP contribution in [0.5, 0.6) is 0 Å². The highest BCUT2D eigenvalue weighted by Gasteiger charge is 2.39. The Morgan fingerprint density at radius 3 is 1.76 bits per heavy atom. The number of H-pyrrole nitrogens is 1. The number of aryl methyl sites for hydroxylation is 2. The third-order valence-electron chi connectivity index (χ3n) is 9.97. The predicted octanol–water partition coefficient (Wildman–Crippen LogP) is 8.46. The molecule has 68 heavy (non-hydrogen) atoms. The first kappa shape index (κ1) is 49.0. The number of carbonyl (C=O) groups excluding carboxylic acids is 2. The molecule has 16 nitrogen and oxygen atoms in total. The molecule has 0 radical (unpaired) electrons. The summed E-state index contributed by atoms with van der Waals surface area (Å²) in [4.78, 5) is 48.6. The topological polar surface area (TPSA) is 227 Å². The molecule has 2 unspecified atom stereocenters. The number of benzene rings is 2. The minimum absolute atomic E-state index is 0.0242. The predicted molar refractivity (Wildman–Crippen MR) is 236 cm³/mol. The molecule has 0 aliphatic carbocycles. The molecule has 8 rings (SSSR count). The number of aromatic amines is 1. The van der Waals surface area contributed by atoms with Crippen molar-refractivity contribution < 1.29 is 57.5 Å². The van der Waals surface area contributed by atoms with Gasteiger partial charge in [-0.25, -0.2) is 26.8 Å². The molecule has 0 saturated carbocycles. The second-order valence-electron chi connectivity index (χ2n) is 14.7. The number of hydrogen-bond acceptors (Lipinski definition) is 13. The van der Waals surface area contributed by atoms with Crippen LogP contribution in [0, 0.1) is 19.8 Å². The summed E-state index contributed by atoms with van der Waals surface area (Å²) in [5.74, 6) is -1.62. The maximum Gasteiger partial charge on any atom is 0.417 e. The highest BCUT2D eigenvalue weighted by Crippen LogP contribution is 2.39. The van der Waals surface area contributed by atoms with Gasteiger partial charge in [-0.3, -0.25) is 34.0 Å². The highest BCUT2D eigenvalue weighted by molar-refractivity contribution is 7.93. The van der Waals surface area contributed by atoms with Crippen LogP contribution in [-0.2, 0) is 37.1 Å². The number of allylic oxidation sites excluding steroid dienone is 1. The minimum atomic E-state index is -4.86. The van der Waals surface area contributed by atoms with Gasteiger partial charge in [-0.2, -0.15) is 26.3 Å². The number of nitrogens with one attached hydrogen (secondary N) is 4. The molecule has 4 aromatic heterocycles. The van der Waals surface area contributed by atoms with E-state index in [-0.39, 0.29) is 39.8 Å². The number of ether oxygens (including phenoxy) is 1. The van der Waals surface area contributed by atoms with E-state index in [2.05, 4.69) is 44.7 Å². The van der Waals surface area contributed by atoms with Crippen molar-refractivity contribution in [2.24, 2.45) is 10.9 Å². The quantitative estimate of drug-likeness (QED) is 0.0708. The van der Waals surface area contributed by atoms with Crippen LogP contribution in [0.2, 0.25) is 10.0 Å². The lowest BCUT2D eigenvalue weighted by Gasteiger charge is -2.24. The third-order valence-corrected chi connectivity index (χ3v) is 13.4. The number of methoxy groups -OCH3 is 1. The van der Waals surface area contributed by atoms with E-state index >= 15 is 0 Å². The molecule has 2 aliphatic rings. The van der Waals surface area contributed by atoms with Crippen molar-refractivity contribution in [3.8, 4) is 0 Å². The smallest absolute Gasteiger partial charge is 0.417 e. The molecule has 0 saturated heterocycles. The van der Waals surface area contributed by atoms with Crippen LogP contribution in [0.15, 0.2) is 118 Å². The number of anilines is 2. The van der Waals surface area contributed by atoms with Crippen molar-refractivity contribution in [3.63, 3.8) is 0 Å². The average molecular weight is 1020 g/mol. The molecular formula is C42H31Cl2F6N9O7S2. The number of nitrogens with zero attached hydrogens (tertiary/aromatic N) is 5. The number of Topliss-reactive ketones (excluding diaryl/α,β-unsaturated/α-hetero) is 1. The van der Waals surface area contributed by atoms with Crippen LogP contribution in [0.3, 0.4) is 0 Å². The summed E-state index contributed by atoms with van der Waals surface area (Å²) < 4.78 is 141. The molecule has 26 heteroatoms. The lowest BCUT2D eigenvalue weighted by molar-refractivity contribution is -0.138. The first-order valence-electron chi connectivity index (χ1n) is 19.2. The van der Waals surface area contributed by atoms with Crippen LogP contribution in [0.4, 0.5) is 37.7 Å². The minimum Gasteiger partial charge on any atom is -0.495 e. The van der Waals surface area contributed by atoms with Gasteiger partial charge in [0.2, 0.25) is 11.6 Å². The number of aromatic nitrogens is 5. The van der Waals surface area contributed by atoms with Crippen LogP contribution < -0.4 is 14.8 Å². The van der Waals surface area contributed by atoms with Crippen molar-refractivity contribution in [2.45, 2.75) is 42.2 Å². The maximum absolute atomic E-state index is 13.6. The van der Waals surface area contributed by atoms with Crippen molar-refractivity contribution in [1.29, 1.82) is 0 Å².